The van der Waals surface area contributed by atoms with E-state index in [2.05, 4.69) is 36.3 Å². The second-order valence-corrected chi connectivity index (χ2v) is 13.0. The van der Waals surface area contributed by atoms with E-state index in [1.807, 2.05) is 66.1 Å². The number of rotatable bonds is 7. The second kappa shape index (κ2) is 12.3. The minimum atomic E-state index is -0.278. The third kappa shape index (κ3) is 6.50. The molecule has 2 N–H and O–H groups in total. The highest BCUT2D eigenvalue weighted by molar-refractivity contribution is 6.09. The van der Waals surface area contributed by atoms with Crippen LogP contribution < -0.4 is 25.8 Å². The van der Waals surface area contributed by atoms with E-state index in [9.17, 15) is 14.4 Å². The number of piperidine rings is 1. The number of nitrogens with one attached hydrogen (secondary N) is 2. The smallest absolute Gasteiger partial charge is 0.255 e. The summed E-state index contributed by atoms with van der Waals surface area (Å²) in [7, 11) is 0. The molecule has 6 rings (SSSR count). The Morgan fingerprint density at radius 2 is 1.56 bits per heavy atom. The molecule has 3 aromatic carbocycles. The molecule has 2 atom stereocenters. The molecule has 1 fully saturated rings. The highest BCUT2D eigenvalue weighted by atomic mass is 16.5. The van der Waals surface area contributed by atoms with Crippen LogP contribution >= 0.6 is 0 Å². The maximum atomic E-state index is 13.6. The molecule has 45 heavy (non-hydrogen) atoms. The van der Waals surface area contributed by atoms with Gasteiger partial charge >= 0.3 is 0 Å². The molecular weight excluding hydrogens is 564 g/mol. The number of amides is 2. The Hall–Kier alpha value is -4.85. The maximum Gasteiger partial charge on any atom is 0.255 e. The summed E-state index contributed by atoms with van der Waals surface area (Å²) in [6.45, 7) is 11.0. The van der Waals surface area contributed by atoms with Crippen molar-refractivity contribution in [3.05, 3.63) is 118 Å². The summed E-state index contributed by atoms with van der Waals surface area (Å²) in [4.78, 5) is 41.8. The molecule has 2 unspecified atom stereocenters. The highest BCUT2D eigenvalue weighted by Crippen LogP contribution is 2.39. The summed E-state index contributed by atoms with van der Waals surface area (Å²) in [6.07, 6.45) is 1.02. The summed E-state index contributed by atoms with van der Waals surface area (Å²) in [5.41, 5.74) is 5.27. The van der Waals surface area contributed by atoms with Crippen LogP contribution in [0.4, 0.5) is 17.1 Å². The number of hydrogen-bond donors (Lipinski definition) is 2. The van der Waals surface area contributed by atoms with Gasteiger partial charge in [-0.3, -0.25) is 14.4 Å². The lowest BCUT2D eigenvalue weighted by molar-refractivity contribution is 0.101. The monoisotopic (exact) mass is 604 g/mol. The zero-order valence-corrected chi connectivity index (χ0v) is 26.3. The van der Waals surface area contributed by atoms with Gasteiger partial charge in [0.05, 0.1) is 18.0 Å². The van der Waals surface area contributed by atoms with Crippen LogP contribution in [0.5, 0.6) is 5.75 Å². The van der Waals surface area contributed by atoms with Gasteiger partial charge in [-0.1, -0.05) is 39.0 Å². The molecule has 4 aromatic rings. The number of carbonyl (C=O) groups excluding carboxylic acids is 2. The number of fused-ring (bicyclic) bond motifs is 4. The largest absolute Gasteiger partial charge is 0.494 e. The van der Waals surface area contributed by atoms with E-state index in [0.29, 0.717) is 48.1 Å². The molecule has 2 bridgehead atoms. The van der Waals surface area contributed by atoms with Crippen LogP contribution in [0.1, 0.15) is 72.0 Å². The molecule has 0 radical (unpaired) electrons. The Labute approximate surface area is 264 Å². The lowest BCUT2D eigenvalue weighted by atomic mass is 9.83. The summed E-state index contributed by atoms with van der Waals surface area (Å²) >= 11 is 0. The Balaban J connectivity index is 1.30. The fourth-order valence-electron chi connectivity index (χ4n) is 6.47. The highest BCUT2D eigenvalue weighted by Gasteiger charge is 2.35. The minimum Gasteiger partial charge on any atom is -0.494 e. The van der Waals surface area contributed by atoms with Crippen LogP contribution in [0.15, 0.2) is 89.7 Å². The van der Waals surface area contributed by atoms with Crippen LogP contribution in [0.2, 0.25) is 0 Å². The molecule has 2 amide bonds. The summed E-state index contributed by atoms with van der Waals surface area (Å²) in [5.74, 6) is 0.712. The Kier molecular flexibility index (Phi) is 8.23. The zero-order chi connectivity index (χ0) is 31.7. The zero-order valence-electron chi connectivity index (χ0n) is 26.3. The van der Waals surface area contributed by atoms with E-state index in [1.54, 1.807) is 30.3 Å². The van der Waals surface area contributed by atoms with Gasteiger partial charge in [-0.25, -0.2) is 0 Å². The van der Waals surface area contributed by atoms with Gasteiger partial charge in [0.2, 0.25) is 0 Å². The molecule has 1 saturated heterocycles. The number of carbonyl (C=O) groups is 2. The molecule has 8 nitrogen and oxygen atoms in total. The number of anilines is 3. The summed E-state index contributed by atoms with van der Waals surface area (Å²) in [6, 6.07) is 25.9. The SMILES string of the molecule is CCOc1ccc(NC(=O)c2ccc(N3CC4CC(C3)c3cccc(=O)n3C4)c(NC(=O)c3ccc(C(C)(C)C)cc3)c2)cc1. The number of aromatic nitrogens is 1. The fourth-order valence-corrected chi connectivity index (χ4v) is 6.47. The molecule has 1 aromatic heterocycles. The van der Waals surface area contributed by atoms with Crippen LogP contribution in [0.3, 0.4) is 0 Å². The Bertz CT molecular complexity index is 1770. The number of ether oxygens (including phenoxy) is 1. The molecule has 3 heterocycles. The standard InChI is InChI=1S/C37H40N4O4/c1-5-45-30-16-14-29(15-17-30)38-36(44)26-11-18-33(31(20-26)39-35(43)25-9-12-28(13-10-25)37(2,3)4)40-21-24-19-27(23-40)32-7-6-8-34(42)41(32)22-24/h6-18,20,24,27H,5,19,21-23H2,1-4H3,(H,38,44)(H,39,43). The van der Waals surface area contributed by atoms with E-state index in [0.717, 1.165) is 35.7 Å². The van der Waals surface area contributed by atoms with Crippen molar-refractivity contribution in [2.24, 2.45) is 5.92 Å². The molecule has 0 aliphatic carbocycles. The van der Waals surface area contributed by atoms with Crippen molar-refractivity contribution in [1.82, 2.24) is 4.57 Å². The number of pyridine rings is 1. The number of nitrogens with zero attached hydrogens (tertiary/aromatic N) is 2. The first-order valence-corrected chi connectivity index (χ1v) is 15.6. The lowest BCUT2D eigenvalue weighted by Crippen LogP contribution is -2.47. The Morgan fingerprint density at radius 3 is 2.27 bits per heavy atom. The maximum absolute atomic E-state index is 13.6. The van der Waals surface area contributed by atoms with E-state index in [-0.39, 0.29) is 28.7 Å². The third-order valence-electron chi connectivity index (χ3n) is 8.76. The summed E-state index contributed by atoms with van der Waals surface area (Å²) < 4.78 is 7.42. The van der Waals surface area contributed by atoms with Crippen LogP contribution in [-0.4, -0.2) is 36.1 Å². The predicted octanol–water partition coefficient (Wildman–Crippen LogP) is 6.67. The first-order chi connectivity index (χ1) is 21.6. The van der Waals surface area contributed by atoms with Crippen molar-refractivity contribution in [2.75, 3.05) is 35.2 Å². The molecule has 8 heteroatoms. The van der Waals surface area contributed by atoms with Crippen molar-refractivity contribution in [3.8, 4) is 5.75 Å². The Morgan fingerprint density at radius 1 is 0.844 bits per heavy atom. The molecule has 0 saturated carbocycles. The lowest BCUT2D eigenvalue weighted by Gasteiger charge is -2.44. The molecular formula is C37H40N4O4. The van der Waals surface area contributed by atoms with Crippen molar-refractivity contribution in [1.29, 1.82) is 0 Å². The first kappa shape index (κ1) is 30.2. The second-order valence-electron chi connectivity index (χ2n) is 13.0. The van der Waals surface area contributed by atoms with E-state index >= 15 is 0 Å². The average Bonchev–Trinajstić information content (AvgIpc) is 3.02. The minimum absolute atomic E-state index is 0.0245. The van der Waals surface area contributed by atoms with Gasteiger partial charge < -0.3 is 24.8 Å². The van der Waals surface area contributed by atoms with Crippen LogP contribution in [-0.2, 0) is 12.0 Å². The van der Waals surface area contributed by atoms with Gasteiger partial charge in [0.1, 0.15) is 5.75 Å². The van der Waals surface area contributed by atoms with Crippen LogP contribution in [0, 0.1) is 5.92 Å². The van der Waals surface area contributed by atoms with Gasteiger partial charge in [0, 0.05) is 54.1 Å². The van der Waals surface area contributed by atoms with Crippen molar-refractivity contribution in [2.45, 2.75) is 52.0 Å². The number of hydrogen-bond acceptors (Lipinski definition) is 5. The summed E-state index contributed by atoms with van der Waals surface area (Å²) in [5, 5.41) is 6.08. The first-order valence-electron chi connectivity index (χ1n) is 15.6. The predicted molar refractivity (Wildman–Crippen MR) is 179 cm³/mol. The van der Waals surface area contributed by atoms with Crippen molar-refractivity contribution in [3.63, 3.8) is 0 Å². The van der Waals surface area contributed by atoms with E-state index in [4.69, 9.17) is 4.74 Å². The quantitative estimate of drug-likeness (QED) is 0.246. The van der Waals surface area contributed by atoms with Crippen molar-refractivity contribution < 1.29 is 14.3 Å². The van der Waals surface area contributed by atoms with Gasteiger partial charge in [-0.05, 0) is 90.9 Å². The molecule has 2 aliphatic rings. The number of benzene rings is 3. The topological polar surface area (TPSA) is 92.7 Å². The normalized spacial score (nSPS) is 17.3. The molecule has 232 valence electrons. The van der Waals surface area contributed by atoms with E-state index in [1.165, 1.54) is 0 Å². The van der Waals surface area contributed by atoms with Gasteiger partial charge in [0.25, 0.3) is 17.4 Å². The van der Waals surface area contributed by atoms with Gasteiger partial charge in [0.15, 0.2) is 0 Å². The van der Waals surface area contributed by atoms with Gasteiger partial charge in [-0.2, -0.15) is 0 Å². The third-order valence-corrected chi connectivity index (χ3v) is 8.76. The fraction of sp³-hybridized carbons (Fsp3) is 0.324. The molecule has 2 aliphatic heterocycles. The van der Waals surface area contributed by atoms with Crippen LogP contribution in [0.25, 0.3) is 0 Å². The van der Waals surface area contributed by atoms with Crippen molar-refractivity contribution >= 4 is 28.9 Å². The van der Waals surface area contributed by atoms with E-state index < -0.39 is 0 Å². The average molecular weight is 605 g/mol. The molecule has 0 spiro atoms. The van der Waals surface area contributed by atoms with Gasteiger partial charge in [-0.15, -0.1) is 0 Å².